The number of aromatic amines is 1. The van der Waals surface area contributed by atoms with Crippen LogP contribution in [0.4, 0.5) is 10.5 Å². The zero-order valence-corrected chi connectivity index (χ0v) is 14.8. The monoisotopic (exact) mass is 338 g/mol. The van der Waals surface area contributed by atoms with E-state index in [1.54, 1.807) is 13.2 Å². The molecule has 0 aliphatic carbocycles. The Labute approximate surface area is 147 Å². The van der Waals surface area contributed by atoms with Gasteiger partial charge in [0, 0.05) is 33.9 Å². The molecule has 0 fully saturated rings. The number of benzene rings is 2. The van der Waals surface area contributed by atoms with E-state index in [4.69, 9.17) is 9.47 Å². The van der Waals surface area contributed by atoms with Gasteiger partial charge in [0.15, 0.2) is 0 Å². The molecule has 0 spiro atoms. The molecule has 1 heterocycles. The zero-order chi connectivity index (χ0) is 18.0. The topological polar surface area (TPSA) is 63.4 Å². The predicted octanol–water partition coefficient (Wildman–Crippen LogP) is 5.19. The van der Waals surface area contributed by atoms with Crippen molar-refractivity contribution in [3.63, 3.8) is 0 Å². The SMILES string of the molecule is COc1ccc(NC(=O)OC(C)(C)C)cc1-c1c[nH]c2ccccc12. The Bertz CT molecular complexity index is 907. The molecule has 2 aromatic carbocycles. The van der Waals surface area contributed by atoms with Gasteiger partial charge >= 0.3 is 6.09 Å². The van der Waals surface area contributed by atoms with Gasteiger partial charge in [-0.05, 0) is 45.0 Å². The van der Waals surface area contributed by atoms with Crippen molar-refractivity contribution in [3.05, 3.63) is 48.7 Å². The fraction of sp³-hybridized carbons (Fsp3) is 0.250. The smallest absolute Gasteiger partial charge is 0.412 e. The molecule has 0 aliphatic rings. The molecule has 3 rings (SSSR count). The maximum atomic E-state index is 12.0. The maximum absolute atomic E-state index is 12.0. The van der Waals surface area contributed by atoms with E-state index in [0.29, 0.717) is 5.69 Å². The van der Waals surface area contributed by atoms with E-state index in [9.17, 15) is 4.79 Å². The number of H-pyrrole nitrogens is 1. The number of ether oxygens (including phenoxy) is 2. The second kappa shape index (κ2) is 6.51. The molecule has 0 aliphatic heterocycles. The lowest BCUT2D eigenvalue weighted by molar-refractivity contribution is 0.0636. The Morgan fingerprint density at radius 1 is 1.08 bits per heavy atom. The van der Waals surface area contributed by atoms with Crippen molar-refractivity contribution < 1.29 is 14.3 Å². The van der Waals surface area contributed by atoms with Crippen LogP contribution in [0, 0.1) is 0 Å². The quantitative estimate of drug-likeness (QED) is 0.691. The predicted molar refractivity (Wildman–Crippen MR) is 100 cm³/mol. The molecule has 0 saturated heterocycles. The number of fused-ring (bicyclic) bond motifs is 1. The number of aromatic nitrogens is 1. The van der Waals surface area contributed by atoms with Gasteiger partial charge in [0.2, 0.25) is 0 Å². The van der Waals surface area contributed by atoms with Gasteiger partial charge in [-0.1, -0.05) is 18.2 Å². The molecular formula is C20H22N2O3. The van der Waals surface area contributed by atoms with E-state index < -0.39 is 11.7 Å². The molecule has 2 N–H and O–H groups in total. The van der Waals surface area contributed by atoms with Crippen LogP contribution < -0.4 is 10.1 Å². The van der Waals surface area contributed by atoms with Crippen molar-refractivity contribution in [2.75, 3.05) is 12.4 Å². The fourth-order valence-electron chi connectivity index (χ4n) is 2.71. The summed E-state index contributed by atoms with van der Waals surface area (Å²) in [5.74, 6) is 0.736. The van der Waals surface area contributed by atoms with Gasteiger partial charge in [-0.25, -0.2) is 4.79 Å². The molecule has 1 aromatic heterocycles. The molecular weight excluding hydrogens is 316 g/mol. The molecule has 0 bridgehead atoms. The number of rotatable bonds is 3. The average Bonchev–Trinajstić information content (AvgIpc) is 2.97. The zero-order valence-electron chi connectivity index (χ0n) is 14.8. The first-order valence-corrected chi connectivity index (χ1v) is 8.12. The first kappa shape index (κ1) is 16.9. The van der Waals surface area contributed by atoms with Crippen LogP contribution in [0.1, 0.15) is 20.8 Å². The van der Waals surface area contributed by atoms with Crippen LogP contribution in [0.3, 0.4) is 0 Å². The first-order valence-electron chi connectivity index (χ1n) is 8.12. The van der Waals surface area contributed by atoms with Crippen molar-refractivity contribution in [2.45, 2.75) is 26.4 Å². The number of methoxy groups -OCH3 is 1. The molecule has 5 heteroatoms. The largest absolute Gasteiger partial charge is 0.496 e. The van der Waals surface area contributed by atoms with Crippen LogP contribution in [-0.2, 0) is 4.74 Å². The number of amides is 1. The van der Waals surface area contributed by atoms with Gasteiger partial charge in [-0.2, -0.15) is 0 Å². The Balaban J connectivity index is 1.97. The molecule has 3 aromatic rings. The number of anilines is 1. The average molecular weight is 338 g/mol. The molecule has 130 valence electrons. The van der Waals surface area contributed by atoms with Crippen molar-refractivity contribution in [1.82, 2.24) is 4.98 Å². The van der Waals surface area contributed by atoms with Gasteiger partial charge in [0.1, 0.15) is 11.4 Å². The third-order valence-electron chi connectivity index (χ3n) is 3.72. The minimum atomic E-state index is -0.545. The van der Waals surface area contributed by atoms with Crippen molar-refractivity contribution in [3.8, 4) is 16.9 Å². The van der Waals surface area contributed by atoms with E-state index >= 15 is 0 Å². The summed E-state index contributed by atoms with van der Waals surface area (Å²) in [7, 11) is 1.63. The van der Waals surface area contributed by atoms with Crippen LogP contribution in [0.2, 0.25) is 0 Å². The summed E-state index contributed by atoms with van der Waals surface area (Å²) in [5, 5.41) is 3.87. The summed E-state index contributed by atoms with van der Waals surface area (Å²) in [6.07, 6.45) is 1.46. The summed E-state index contributed by atoms with van der Waals surface area (Å²) in [6.45, 7) is 5.49. The van der Waals surface area contributed by atoms with Crippen LogP contribution in [0.5, 0.6) is 5.75 Å². The second-order valence-electron chi connectivity index (χ2n) is 6.79. The number of para-hydroxylation sites is 1. The number of hydrogen-bond acceptors (Lipinski definition) is 3. The summed E-state index contributed by atoms with van der Waals surface area (Å²) in [4.78, 5) is 15.3. The Kier molecular flexibility index (Phi) is 4.40. The van der Waals surface area contributed by atoms with Crippen LogP contribution in [0.25, 0.3) is 22.0 Å². The molecule has 0 unspecified atom stereocenters. The fourth-order valence-corrected chi connectivity index (χ4v) is 2.71. The van der Waals surface area contributed by atoms with Crippen molar-refractivity contribution >= 4 is 22.7 Å². The van der Waals surface area contributed by atoms with Gasteiger partial charge in [-0.3, -0.25) is 5.32 Å². The molecule has 5 nitrogen and oxygen atoms in total. The normalized spacial score (nSPS) is 11.4. The third kappa shape index (κ3) is 3.76. The van der Waals surface area contributed by atoms with E-state index in [2.05, 4.69) is 16.4 Å². The van der Waals surface area contributed by atoms with Crippen LogP contribution >= 0.6 is 0 Å². The Morgan fingerprint density at radius 2 is 1.84 bits per heavy atom. The summed E-state index contributed by atoms with van der Waals surface area (Å²) in [6, 6.07) is 13.6. The van der Waals surface area contributed by atoms with Crippen molar-refractivity contribution in [2.24, 2.45) is 0 Å². The Morgan fingerprint density at radius 3 is 2.56 bits per heavy atom. The minimum Gasteiger partial charge on any atom is -0.496 e. The van der Waals surface area contributed by atoms with Crippen LogP contribution in [-0.4, -0.2) is 23.8 Å². The lowest BCUT2D eigenvalue weighted by Gasteiger charge is -2.20. The standard InChI is InChI=1S/C20H22N2O3/c1-20(2,3)25-19(23)22-13-9-10-18(24-4)15(11-13)16-12-21-17-8-6-5-7-14(16)17/h5-12,21H,1-4H3,(H,22,23). The highest BCUT2D eigenvalue weighted by Gasteiger charge is 2.17. The number of nitrogens with one attached hydrogen (secondary N) is 2. The molecule has 25 heavy (non-hydrogen) atoms. The van der Waals surface area contributed by atoms with E-state index in [0.717, 1.165) is 27.8 Å². The van der Waals surface area contributed by atoms with E-state index in [-0.39, 0.29) is 0 Å². The highest BCUT2D eigenvalue weighted by Crippen LogP contribution is 2.36. The van der Waals surface area contributed by atoms with Gasteiger partial charge in [0.25, 0.3) is 0 Å². The summed E-state index contributed by atoms with van der Waals surface area (Å²) < 4.78 is 10.8. The Hall–Kier alpha value is -2.95. The maximum Gasteiger partial charge on any atom is 0.412 e. The van der Waals surface area contributed by atoms with Crippen LogP contribution in [0.15, 0.2) is 48.7 Å². The van der Waals surface area contributed by atoms with Gasteiger partial charge in [-0.15, -0.1) is 0 Å². The lowest BCUT2D eigenvalue weighted by Crippen LogP contribution is -2.27. The number of carbonyl (C=O) groups excluding carboxylic acids is 1. The first-order chi connectivity index (χ1) is 11.9. The number of hydrogen-bond donors (Lipinski definition) is 2. The van der Waals surface area contributed by atoms with E-state index in [1.807, 2.05) is 57.3 Å². The third-order valence-corrected chi connectivity index (χ3v) is 3.72. The summed E-state index contributed by atoms with van der Waals surface area (Å²) >= 11 is 0. The van der Waals surface area contributed by atoms with Gasteiger partial charge < -0.3 is 14.5 Å². The molecule has 0 saturated carbocycles. The highest BCUT2D eigenvalue weighted by atomic mass is 16.6. The highest BCUT2D eigenvalue weighted by molar-refractivity contribution is 5.98. The molecule has 0 radical (unpaired) electrons. The minimum absolute atomic E-state index is 0.484. The molecule has 0 atom stereocenters. The summed E-state index contributed by atoms with van der Waals surface area (Å²) in [5.41, 5.74) is 3.06. The second-order valence-corrected chi connectivity index (χ2v) is 6.79. The van der Waals surface area contributed by atoms with Crippen molar-refractivity contribution in [1.29, 1.82) is 0 Å². The van der Waals surface area contributed by atoms with Gasteiger partial charge in [0.05, 0.1) is 7.11 Å². The number of carbonyl (C=O) groups is 1. The molecule has 1 amide bonds. The lowest BCUT2D eigenvalue weighted by atomic mass is 10.0. The van der Waals surface area contributed by atoms with E-state index in [1.165, 1.54) is 0 Å².